The predicted octanol–water partition coefficient (Wildman–Crippen LogP) is 9.81. The van der Waals surface area contributed by atoms with Gasteiger partial charge >= 0.3 is 0 Å². The molecule has 1 aliphatic carbocycles. The van der Waals surface area contributed by atoms with E-state index in [1.807, 2.05) is 33.9 Å². The molecule has 3 aromatic carbocycles. The van der Waals surface area contributed by atoms with Crippen LogP contribution < -0.4 is 0 Å². The molecule has 3 nitrogen and oxygen atoms in total. The lowest BCUT2D eigenvalue weighted by molar-refractivity contribution is 0.848. The van der Waals surface area contributed by atoms with E-state index in [0.29, 0.717) is 0 Å². The van der Waals surface area contributed by atoms with Gasteiger partial charge in [-0.1, -0.05) is 112 Å². The second-order valence-electron chi connectivity index (χ2n) is 9.78. The number of rotatable bonds is 3. The molecule has 206 valence electrons. The van der Waals surface area contributed by atoms with Gasteiger partial charge in [0, 0.05) is 23.6 Å². The second-order valence-corrected chi connectivity index (χ2v) is 9.78. The minimum absolute atomic E-state index is 0.137. The molecular weight excluding hydrogens is 498 g/mol. The first-order chi connectivity index (χ1) is 20.3. The largest absolute Gasteiger partial charge is 0.309 e. The summed E-state index contributed by atoms with van der Waals surface area (Å²) in [4.78, 5) is 9.76. The maximum atomic E-state index is 5.21. The van der Waals surface area contributed by atoms with E-state index in [2.05, 4.69) is 112 Å². The third-order valence-electron chi connectivity index (χ3n) is 7.38. The molecule has 0 fully saturated rings. The normalized spacial score (nSPS) is 18.1. The maximum absolute atomic E-state index is 5.21. The lowest BCUT2D eigenvalue weighted by Gasteiger charge is -2.25. The van der Waals surface area contributed by atoms with Crippen molar-refractivity contribution in [3.05, 3.63) is 108 Å². The molecule has 1 atom stereocenters. The van der Waals surface area contributed by atoms with E-state index in [-0.39, 0.29) is 6.04 Å². The van der Waals surface area contributed by atoms with Crippen molar-refractivity contribution in [2.24, 2.45) is 9.98 Å². The molecule has 0 spiro atoms. The Hall–Kier alpha value is -4.42. The number of aliphatic imine (C=N–C) groups is 2. The van der Waals surface area contributed by atoms with Crippen LogP contribution in [-0.2, 0) is 0 Å². The van der Waals surface area contributed by atoms with Gasteiger partial charge in [0.1, 0.15) is 0 Å². The third kappa shape index (κ3) is 5.74. The van der Waals surface area contributed by atoms with E-state index in [1.54, 1.807) is 0 Å². The molecule has 3 aliphatic rings. The van der Waals surface area contributed by atoms with Crippen LogP contribution in [0.1, 0.15) is 76.6 Å². The summed E-state index contributed by atoms with van der Waals surface area (Å²) < 4.78 is 2.39. The highest BCUT2D eigenvalue weighted by Gasteiger charge is 2.27. The van der Waals surface area contributed by atoms with Crippen molar-refractivity contribution in [2.75, 3.05) is 0 Å². The molecule has 7 rings (SSSR count). The fourth-order valence-corrected chi connectivity index (χ4v) is 5.49. The van der Waals surface area contributed by atoms with Gasteiger partial charge in [-0.25, -0.2) is 0 Å². The van der Waals surface area contributed by atoms with Crippen LogP contribution in [0.5, 0.6) is 0 Å². The number of allylic oxidation sites excluding steroid dienone is 2. The topological polar surface area (TPSA) is 29.6 Å². The Bertz CT molecular complexity index is 1680. The standard InChI is InChI=1S/C34H27N3.2C2H6/c1-2-4-13-32-30(11-3-1)36-34(33-23-28-9-5-6-12-31(28)37(32)33)27-20-16-25(17-21-27)24-14-18-26(19-15-24)29-10-7-8-22-35-29;2*1-2/h5-6,9-10,12-23,30H,1-2,4,7-8H2;2*1-2H3/b32-13+;;. The third-order valence-corrected chi connectivity index (χ3v) is 7.38. The Kier molecular flexibility index (Phi) is 9.12. The number of benzene rings is 3. The van der Waals surface area contributed by atoms with Crippen LogP contribution in [0.25, 0.3) is 33.4 Å². The van der Waals surface area contributed by atoms with Crippen molar-refractivity contribution < 1.29 is 0 Å². The molecule has 2 aliphatic heterocycles. The summed E-state index contributed by atoms with van der Waals surface area (Å²) in [6, 6.07) is 28.2. The van der Waals surface area contributed by atoms with Crippen LogP contribution in [0.3, 0.4) is 0 Å². The lowest BCUT2D eigenvalue weighted by atomic mass is 9.97. The van der Waals surface area contributed by atoms with E-state index >= 15 is 0 Å². The van der Waals surface area contributed by atoms with Gasteiger partial charge in [-0.2, -0.15) is 0 Å². The first kappa shape index (κ1) is 28.1. The van der Waals surface area contributed by atoms with Crippen molar-refractivity contribution in [3.63, 3.8) is 0 Å². The Morgan fingerprint density at radius 2 is 1.41 bits per heavy atom. The SMILES string of the molecule is C1#CC2N=C(c3ccc(-c4ccc(C5=CCCC=N5)cc4)cc3)c3cc4ccccc4n3/C2=C/CCC1.CC.CC. The molecule has 0 saturated carbocycles. The monoisotopic (exact) mass is 537 g/mol. The molecule has 1 unspecified atom stereocenters. The van der Waals surface area contributed by atoms with Crippen molar-refractivity contribution in [3.8, 4) is 23.0 Å². The van der Waals surface area contributed by atoms with Crippen molar-refractivity contribution in [1.82, 2.24) is 4.57 Å². The summed E-state index contributed by atoms with van der Waals surface area (Å²) in [5.41, 5.74) is 10.3. The Morgan fingerprint density at radius 1 is 0.732 bits per heavy atom. The van der Waals surface area contributed by atoms with E-state index in [1.165, 1.54) is 33.3 Å². The summed E-state index contributed by atoms with van der Waals surface area (Å²) >= 11 is 0. The minimum atomic E-state index is -0.137. The van der Waals surface area contributed by atoms with Crippen LogP contribution >= 0.6 is 0 Å². The molecule has 41 heavy (non-hydrogen) atoms. The summed E-state index contributed by atoms with van der Waals surface area (Å²) in [7, 11) is 0. The maximum Gasteiger partial charge on any atom is 0.151 e. The number of para-hydroxylation sites is 1. The van der Waals surface area contributed by atoms with Crippen LogP contribution in [-0.4, -0.2) is 22.5 Å². The van der Waals surface area contributed by atoms with Crippen molar-refractivity contribution in [1.29, 1.82) is 0 Å². The molecule has 0 N–H and O–H groups in total. The Labute approximate surface area is 245 Å². The van der Waals surface area contributed by atoms with E-state index in [4.69, 9.17) is 4.99 Å². The predicted molar refractivity (Wildman–Crippen MR) is 178 cm³/mol. The fourth-order valence-electron chi connectivity index (χ4n) is 5.49. The zero-order valence-corrected chi connectivity index (χ0v) is 24.7. The second kappa shape index (κ2) is 13.3. The van der Waals surface area contributed by atoms with Crippen LogP contribution in [0.15, 0.2) is 101 Å². The van der Waals surface area contributed by atoms with Gasteiger partial charge in [-0.3, -0.25) is 9.98 Å². The number of hydrogen-bond donors (Lipinski definition) is 0. The fraction of sp³-hybridized carbons (Fsp3) is 0.263. The van der Waals surface area contributed by atoms with Gasteiger partial charge in [-0.15, -0.1) is 5.92 Å². The smallest absolute Gasteiger partial charge is 0.151 e. The van der Waals surface area contributed by atoms with Crippen LogP contribution in [0, 0.1) is 11.8 Å². The van der Waals surface area contributed by atoms with Crippen LogP contribution in [0.4, 0.5) is 0 Å². The van der Waals surface area contributed by atoms with Gasteiger partial charge in [0.25, 0.3) is 0 Å². The van der Waals surface area contributed by atoms with Gasteiger partial charge in [0.15, 0.2) is 6.04 Å². The lowest BCUT2D eigenvalue weighted by Crippen LogP contribution is -2.25. The van der Waals surface area contributed by atoms with Gasteiger partial charge < -0.3 is 4.57 Å². The molecule has 0 bridgehead atoms. The quantitative estimate of drug-likeness (QED) is 0.233. The minimum Gasteiger partial charge on any atom is -0.309 e. The molecule has 0 saturated heterocycles. The zero-order valence-electron chi connectivity index (χ0n) is 24.7. The molecular formula is C38H39N3. The van der Waals surface area contributed by atoms with Gasteiger partial charge in [0.2, 0.25) is 0 Å². The zero-order chi connectivity index (χ0) is 28.6. The highest BCUT2D eigenvalue weighted by Crippen LogP contribution is 2.34. The number of nitrogens with zero attached hydrogens (tertiary/aromatic N) is 3. The summed E-state index contributed by atoms with van der Waals surface area (Å²) in [5.74, 6) is 6.81. The van der Waals surface area contributed by atoms with E-state index in [0.717, 1.165) is 54.8 Å². The molecule has 3 heterocycles. The van der Waals surface area contributed by atoms with Gasteiger partial charge in [0.05, 0.1) is 28.3 Å². The molecule has 3 heteroatoms. The molecule has 0 radical (unpaired) electrons. The first-order valence-electron chi connectivity index (χ1n) is 15.2. The highest BCUT2D eigenvalue weighted by atomic mass is 15.1. The summed E-state index contributed by atoms with van der Waals surface area (Å²) in [5, 5.41) is 1.23. The van der Waals surface area contributed by atoms with Crippen LogP contribution in [0.2, 0.25) is 0 Å². The number of hydrogen-bond acceptors (Lipinski definition) is 2. The Morgan fingerprint density at radius 3 is 2.12 bits per heavy atom. The Balaban J connectivity index is 0.000000810. The average molecular weight is 538 g/mol. The van der Waals surface area contributed by atoms with E-state index < -0.39 is 0 Å². The molecule has 0 amide bonds. The number of aromatic nitrogens is 1. The first-order valence-corrected chi connectivity index (χ1v) is 15.2. The molecule has 4 aromatic rings. The van der Waals surface area contributed by atoms with Crippen molar-refractivity contribution in [2.45, 2.75) is 65.8 Å². The summed E-state index contributed by atoms with van der Waals surface area (Å²) in [6.07, 6.45) is 11.7. The molecule has 1 aromatic heterocycles. The average Bonchev–Trinajstić information content (AvgIpc) is 3.43. The summed E-state index contributed by atoms with van der Waals surface area (Å²) in [6.45, 7) is 8.00. The van der Waals surface area contributed by atoms with E-state index in [9.17, 15) is 0 Å². The van der Waals surface area contributed by atoms with Gasteiger partial charge in [-0.05, 0) is 54.5 Å². The van der Waals surface area contributed by atoms with Crippen molar-refractivity contribution >= 4 is 34.2 Å². The number of fused-ring (bicyclic) bond motifs is 5. The highest BCUT2D eigenvalue weighted by molar-refractivity contribution is 6.16.